The molecule has 4 nitrogen and oxygen atoms in total. The second-order valence-electron chi connectivity index (χ2n) is 10.0. The molecule has 3 heterocycles. The van der Waals surface area contributed by atoms with E-state index in [9.17, 15) is 0 Å². The molecular weight excluding hydrogens is 502 g/mol. The van der Waals surface area contributed by atoms with Crippen molar-refractivity contribution >= 4 is 33.0 Å². The molecule has 0 bridgehead atoms. The third-order valence-electron chi connectivity index (χ3n) is 7.52. The maximum atomic E-state index is 6.28. The molecule has 41 heavy (non-hydrogen) atoms. The Hall–Kier alpha value is -5.61. The number of nitrogens with zero attached hydrogens (tertiary/aromatic N) is 3. The lowest BCUT2D eigenvalue weighted by atomic mass is 9.92. The van der Waals surface area contributed by atoms with Crippen LogP contribution in [0.1, 0.15) is 0 Å². The van der Waals surface area contributed by atoms with Crippen LogP contribution < -0.4 is 0 Å². The van der Waals surface area contributed by atoms with Gasteiger partial charge >= 0.3 is 0 Å². The molecule has 192 valence electrons. The van der Waals surface area contributed by atoms with Crippen LogP contribution in [0.3, 0.4) is 0 Å². The van der Waals surface area contributed by atoms with Gasteiger partial charge in [-0.25, -0.2) is 15.0 Å². The van der Waals surface area contributed by atoms with Crippen LogP contribution in [0.15, 0.2) is 144 Å². The summed E-state index contributed by atoms with van der Waals surface area (Å²) >= 11 is 0. The van der Waals surface area contributed by atoms with E-state index < -0.39 is 0 Å². The lowest BCUT2D eigenvalue weighted by molar-refractivity contribution is 0.656. The average Bonchev–Trinajstić information content (AvgIpc) is 3.42. The zero-order chi connectivity index (χ0) is 27.2. The van der Waals surface area contributed by atoms with Crippen LogP contribution in [0.2, 0.25) is 0 Å². The van der Waals surface area contributed by atoms with Gasteiger partial charge in [0.15, 0.2) is 5.82 Å². The number of benzene rings is 5. The zero-order valence-electron chi connectivity index (χ0n) is 22.0. The number of hydrogen-bond acceptors (Lipinski definition) is 4. The highest BCUT2D eigenvalue weighted by Crippen LogP contribution is 2.43. The molecule has 5 aromatic carbocycles. The lowest BCUT2D eigenvalue weighted by Gasteiger charge is -2.15. The summed E-state index contributed by atoms with van der Waals surface area (Å²) in [6, 6.07) is 47.4. The van der Waals surface area contributed by atoms with Gasteiger partial charge in [-0.1, -0.05) is 121 Å². The van der Waals surface area contributed by atoms with Gasteiger partial charge in [-0.15, -0.1) is 0 Å². The Kier molecular flexibility index (Phi) is 5.42. The molecule has 0 aliphatic heterocycles. The zero-order valence-corrected chi connectivity index (χ0v) is 22.0. The summed E-state index contributed by atoms with van der Waals surface area (Å²) in [6.07, 6.45) is 0. The summed E-state index contributed by atoms with van der Waals surface area (Å²) in [4.78, 5) is 15.2. The Morgan fingerprint density at radius 2 is 1.02 bits per heavy atom. The first kappa shape index (κ1) is 23.3. The van der Waals surface area contributed by atoms with E-state index >= 15 is 0 Å². The van der Waals surface area contributed by atoms with E-state index in [-0.39, 0.29) is 0 Å². The predicted molar refractivity (Wildman–Crippen MR) is 166 cm³/mol. The van der Waals surface area contributed by atoms with Gasteiger partial charge in [0.05, 0.1) is 22.3 Å². The Labute approximate surface area is 236 Å². The number of hydrogen-bond donors (Lipinski definition) is 0. The topological polar surface area (TPSA) is 51.8 Å². The first-order valence-electron chi connectivity index (χ1n) is 13.6. The van der Waals surface area contributed by atoms with E-state index in [4.69, 9.17) is 19.4 Å². The standard InChI is InChI=1S/C37H23N3O/c1-3-13-24(14-4-1)31-23-32(25-15-5-2-6-16-25)39-36(38-31)27-18-8-7-17-26(27)34-28-19-9-11-21-30(28)40-37-35(34)29-20-10-12-22-33(29)41-37/h1-23H. The molecule has 4 heteroatoms. The van der Waals surface area contributed by atoms with Crippen molar-refractivity contribution in [2.75, 3.05) is 0 Å². The number of rotatable bonds is 4. The van der Waals surface area contributed by atoms with Crippen molar-refractivity contribution in [3.63, 3.8) is 0 Å². The maximum Gasteiger partial charge on any atom is 0.228 e. The number of furan rings is 1. The summed E-state index contributed by atoms with van der Waals surface area (Å²) in [5.41, 5.74) is 9.22. The molecule has 0 amide bonds. The van der Waals surface area contributed by atoms with Gasteiger partial charge in [-0.2, -0.15) is 0 Å². The van der Waals surface area contributed by atoms with Gasteiger partial charge in [0, 0.05) is 33.0 Å². The molecule has 3 aromatic heterocycles. The van der Waals surface area contributed by atoms with Crippen LogP contribution in [-0.4, -0.2) is 15.0 Å². The number of pyridine rings is 1. The fraction of sp³-hybridized carbons (Fsp3) is 0. The van der Waals surface area contributed by atoms with Crippen LogP contribution in [0.25, 0.3) is 78.0 Å². The van der Waals surface area contributed by atoms with Crippen LogP contribution in [0.5, 0.6) is 0 Å². The SMILES string of the molecule is c1ccc(-c2cc(-c3ccccc3)nc(-c3ccccc3-c3c4ccccc4nc4oc5ccccc5c34)n2)cc1. The number of para-hydroxylation sites is 2. The molecule has 0 N–H and O–H groups in total. The molecule has 8 rings (SSSR count). The van der Waals surface area contributed by atoms with Crippen molar-refractivity contribution in [3.8, 4) is 45.0 Å². The third-order valence-corrected chi connectivity index (χ3v) is 7.52. The highest BCUT2D eigenvalue weighted by atomic mass is 16.3. The van der Waals surface area contributed by atoms with E-state index in [1.54, 1.807) is 0 Å². The van der Waals surface area contributed by atoms with Crippen molar-refractivity contribution < 1.29 is 4.42 Å². The number of aromatic nitrogens is 3. The summed E-state index contributed by atoms with van der Waals surface area (Å²) in [5.74, 6) is 0.669. The molecule has 0 saturated carbocycles. The van der Waals surface area contributed by atoms with Crippen LogP contribution in [0, 0.1) is 0 Å². The van der Waals surface area contributed by atoms with E-state index in [0.717, 1.165) is 66.5 Å². The van der Waals surface area contributed by atoms with Crippen molar-refractivity contribution in [1.82, 2.24) is 15.0 Å². The Bertz CT molecular complexity index is 2140. The highest BCUT2D eigenvalue weighted by Gasteiger charge is 2.21. The summed E-state index contributed by atoms with van der Waals surface area (Å²) in [5, 5.41) is 3.09. The maximum absolute atomic E-state index is 6.28. The molecule has 0 radical (unpaired) electrons. The monoisotopic (exact) mass is 525 g/mol. The molecule has 0 spiro atoms. The highest BCUT2D eigenvalue weighted by molar-refractivity contribution is 6.19. The quantitative estimate of drug-likeness (QED) is 0.230. The molecule has 0 saturated heterocycles. The third kappa shape index (κ3) is 3.97. The lowest BCUT2D eigenvalue weighted by Crippen LogP contribution is -1.98. The van der Waals surface area contributed by atoms with Gasteiger partial charge < -0.3 is 4.42 Å². The normalized spacial score (nSPS) is 11.4. The average molecular weight is 526 g/mol. The van der Waals surface area contributed by atoms with E-state index in [2.05, 4.69) is 66.7 Å². The van der Waals surface area contributed by atoms with Gasteiger partial charge in [0.2, 0.25) is 5.71 Å². The molecule has 0 aliphatic carbocycles. The molecule has 0 atom stereocenters. The minimum atomic E-state index is 0.624. The Morgan fingerprint density at radius 1 is 0.463 bits per heavy atom. The summed E-state index contributed by atoms with van der Waals surface area (Å²) in [7, 11) is 0. The second-order valence-corrected chi connectivity index (χ2v) is 10.0. The minimum absolute atomic E-state index is 0.624. The van der Waals surface area contributed by atoms with Gasteiger partial charge in [0.25, 0.3) is 0 Å². The van der Waals surface area contributed by atoms with Crippen molar-refractivity contribution in [2.45, 2.75) is 0 Å². The molecule has 0 unspecified atom stereocenters. The first-order chi connectivity index (χ1) is 20.3. The molecular formula is C37H23N3O. The van der Waals surface area contributed by atoms with Crippen molar-refractivity contribution in [1.29, 1.82) is 0 Å². The van der Waals surface area contributed by atoms with E-state index in [0.29, 0.717) is 11.5 Å². The smallest absolute Gasteiger partial charge is 0.228 e. The van der Waals surface area contributed by atoms with E-state index in [1.165, 1.54) is 0 Å². The van der Waals surface area contributed by atoms with Crippen LogP contribution in [0.4, 0.5) is 0 Å². The van der Waals surface area contributed by atoms with Crippen molar-refractivity contribution in [3.05, 3.63) is 140 Å². The van der Waals surface area contributed by atoms with E-state index in [1.807, 2.05) is 72.8 Å². The Morgan fingerprint density at radius 3 is 1.73 bits per heavy atom. The molecule has 0 aliphatic rings. The largest absolute Gasteiger partial charge is 0.438 e. The van der Waals surface area contributed by atoms with Gasteiger partial charge in [-0.3, -0.25) is 0 Å². The molecule has 0 fully saturated rings. The summed E-state index contributed by atoms with van der Waals surface area (Å²) in [6.45, 7) is 0. The molecule has 8 aromatic rings. The van der Waals surface area contributed by atoms with Gasteiger partial charge in [-0.05, 0) is 23.8 Å². The minimum Gasteiger partial charge on any atom is -0.438 e. The van der Waals surface area contributed by atoms with Crippen LogP contribution in [-0.2, 0) is 0 Å². The predicted octanol–water partition coefficient (Wildman–Crippen LogP) is 9.59. The summed E-state index contributed by atoms with van der Waals surface area (Å²) < 4.78 is 6.28. The second kappa shape index (κ2) is 9.54. The van der Waals surface area contributed by atoms with Crippen LogP contribution >= 0.6 is 0 Å². The first-order valence-corrected chi connectivity index (χ1v) is 13.6. The number of fused-ring (bicyclic) bond motifs is 4. The Balaban J connectivity index is 1.46. The van der Waals surface area contributed by atoms with Crippen molar-refractivity contribution in [2.24, 2.45) is 0 Å². The fourth-order valence-corrected chi connectivity index (χ4v) is 5.64. The fourth-order valence-electron chi connectivity index (χ4n) is 5.64. The van der Waals surface area contributed by atoms with Gasteiger partial charge in [0.1, 0.15) is 5.58 Å².